The summed E-state index contributed by atoms with van der Waals surface area (Å²) in [5, 5.41) is 9.38. The minimum absolute atomic E-state index is 0.0116. The first-order chi connectivity index (χ1) is 9.13. The monoisotopic (exact) mass is 309 g/mol. The molecule has 2 heterocycles. The number of rotatable bonds is 2. The maximum atomic E-state index is 12.5. The largest absolute Gasteiger partial charge is 0.480 e. The van der Waals surface area contributed by atoms with Gasteiger partial charge in [-0.25, -0.2) is 4.79 Å². The molecule has 1 saturated heterocycles. The molecule has 1 unspecified atom stereocenters. The molecule has 1 aromatic rings. The van der Waals surface area contributed by atoms with Crippen molar-refractivity contribution >= 4 is 22.6 Å². The zero-order valence-corrected chi connectivity index (χ0v) is 11.8. The number of piperidine rings is 1. The molecule has 0 aliphatic carbocycles. The molecule has 0 amide bonds. The van der Waals surface area contributed by atoms with E-state index >= 15 is 0 Å². The van der Waals surface area contributed by atoms with Crippen molar-refractivity contribution in [3.8, 4) is 0 Å². The van der Waals surface area contributed by atoms with Gasteiger partial charge < -0.3 is 10.0 Å². The third-order valence-corrected chi connectivity index (χ3v) is 4.17. The van der Waals surface area contributed by atoms with Crippen molar-refractivity contribution < 1.29 is 23.1 Å². The van der Waals surface area contributed by atoms with E-state index in [9.17, 15) is 23.1 Å². The van der Waals surface area contributed by atoms with Gasteiger partial charge in [0, 0.05) is 18.1 Å². The topological polar surface area (TPSA) is 66.3 Å². The first kappa shape index (κ1) is 15.0. The molecule has 5 nitrogen and oxygen atoms in total. The lowest BCUT2D eigenvalue weighted by Gasteiger charge is -2.43. The normalized spacial score (nSPS) is 22.9. The van der Waals surface area contributed by atoms with E-state index in [4.69, 9.17) is 0 Å². The Hall–Kier alpha value is -1.38. The van der Waals surface area contributed by atoms with Crippen molar-refractivity contribution in [3.05, 3.63) is 5.82 Å². The second-order valence-electron chi connectivity index (χ2n) is 5.42. The van der Waals surface area contributed by atoms with Gasteiger partial charge >= 0.3 is 12.1 Å². The van der Waals surface area contributed by atoms with E-state index in [1.807, 2.05) is 0 Å². The Balaban J connectivity index is 2.35. The maximum Gasteiger partial charge on any atom is 0.452 e. The average Bonchev–Trinajstić information content (AvgIpc) is 2.75. The Morgan fingerprint density at radius 2 is 2.15 bits per heavy atom. The van der Waals surface area contributed by atoms with E-state index in [-0.39, 0.29) is 5.13 Å². The molecule has 9 heteroatoms. The summed E-state index contributed by atoms with van der Waals surface area (Å²) in [6.45, 7) is 3.96. The number of hydrogen-bond donors (Lipinski definition) is 1. The van der Waals surface area contributed by atoms with Gasteiger partial charge in [-0.05, 0) is 18.3 Å². The molecule has 112 valence electrons. The molecular formula is C11H14F3N3O2S. The van der Waals surface area contributed by atoms with E-state index in [1.165, 1.54) is 4.90 Å². The fourth-order valence-corrected chi connectivity index (χ4v) is 3.25. The first-order valence-corrected chi connectivity index (χ1v) is 6.80. The Labute approximate surface area is 117 Å². The van der Waals surface area contributed by atoms with Crippen LogP contribution in [0, 0.1) is 5.41 Å². The number of anilines is 1. The van der Waals surface area contributed by atoms with Crippen LogP contribution in [0.15, 0.2) is 0 Å². The minimum atomic E-state index is -4.61. The summed E-state index contributed by atoms with van der Waals surface area (Å²) in [7, 11) is 0. The second kappa shape index (κ2) is 4.87. The fraction of sp³-hybridized carbons (Fsp3) is 0.727. The Bertz CT molecular complexity index is 515. The molecule has 0 radical (unpaired) electrons. The van der Waals surface area contributed by atoms with Gasteiger partial charge in [0.2, 0.25) is 11.0 Å². The molecule has 1 aliphatic heterocycles. The molecule has 0 aromatic carbocycles. The zero-order valence-electron chi connectivity index (χ0n) is 10.9. The maximum absolute atomic E-state index is 12.5. The Morgan fingerprint density at radius 3 is 2.65 bits per heavy atom. The Kier molecular flexibility index (Phi) is 3.66. The minimum Gasteiger partial charge on any atom is -0.480 e. The lowest BCUT2D eigenvalue weighted by molar-refractivity contribution is -0.144. The molecule has 1 fully saturated rings. The van der Waals surface area contributed by atoms with E-state index in [2.05, 4.69) is 9.36 Å². The highest BCUT2D eigenvalue weighted by molar-refractivity contribution is 7.09. The smallest absolute Gasteiger partial charge is 0.452 e. The third-order valence-electron chi connectivity index (χ3n) is 3.42. The lowest BCUT2D eigenvalue weighted by Crippen LogP contribution is -2.54. The van der Waals surface area contributed by atoms with Crippen molar-refractivity contribution in [2.75, 3.05) is 11.4 Å². The number of halogens is 3. The van der Waals surface area contributed by atoms with Gasteiger partial charge in [-0.2, -0.15) is 22.5 Å². The highest BCUT2D eigenvalue weighted by atomic mass is 32.1. The van der Waals surface area contributed by atoms with Gasteiger partial charge in [-0.15, -0.1) is 0 Å². The van der Waals surface area contributed by atoms with Gasteiger partial charge in [0.05, 0.1) is 0 Å². The number of nitrogens with zero attached hydrogens (tertiary/aromatic N) is 3. The van der Waals surface area contributed by atoms with Crippen LogP contribution >= 0.6 is 11.5 Å². The zero-order chi connectivity index (χ0) is 15.1. The molecule has 0 bridgehead atoms. The molecule has 1 atom stereocenters. The average molecular weight is 309 g/mol. The van der Waals surface area contributed by atoms with Crippen LogP contribution in [-0.4, -0.2) is 33.0 Å². The number of alkyl halides is 3. The predicted molar refractivity (Wildman–Crippen MR) is 66.7 cm³/mol. The summed E-state index contributed by atoms with van der Waals surface area (Å²) >= 11 is 0.586. The summed E-state index contributed by atoms with van der Waals surface area (Å²) in [6, 6.07) is -0.898. The first-order valence-electron chi connectivity index (χ1n) is 6.03. The van der Waals surface area contributed by atoms with E-state index in [0.717, 1.165) is 0 Å². The van der Waals surface area contributed by atoms with E-state index in [1.54, 1.807) is 13.8 Å². The lowest BCUT2D eigenvalue weighted by atomic mass is 9.76. The molecule has 0 saturated carbocycles. The van der Waals surface area contributed by atoms with Gasteiger partial charge in [-0.3, -0.25) is 0 Å². The quantitative estimate of drug-likeness (QED) is 0.909. The van der Waals surface area contributed by atoms with Crippen LogP contribution in [-0.2, 0) is 11.0 Å². The van der Waals surface area contributed by atoms with Crippen LogP contribution in [0.4, 0.5) is 18.3 Å². The van der Waals surface area contributed by atoms with Gasteiger partial charge in [0.15, 0.2) is 0 Å². The van der Waals surface area contributed by atoms with Crippen LogP contribution in [0.2, 0.25) is 0 Å². The summed E-state index contributed by atoms with van der Waals surface area (Å²) in [5.41, 5.74) is -0.534. The molecular weight excluding hydrogens is 295 g/mol. The number of carboxylic acid groups (broad SMARTS) is 1. The summed E-state index contributed by atoms with van der Waals surface area (Å²) in [4.78, 5) is 16.3. The summed E-state index contributed by atoms with van der Waals surface area (Å²) in [6.07, 6.45) is -3.21. The van der Waals surface area contributed by atoms with Gasteiger partial charge in [0.1, 0.15) is 6.04 Å². The SMILES string of the molecule is CC1(C)CCCN(c2nc(C(F)(F)F)ns2)C1C(=O)O. The number of aliphatic carboxylic acids is 1. The van der Waals surface area contributed by atoms with Crippen molar-refractivity contribution in [3.63, 3.8) is 0 Å². The molecule has 1 N–H and O–H groups in total. The third kappa shape index (κ3) is 2.72. The van der Waals surface area contributed by atoms with Crippen molar-refractivity contribution in [1.29, 1.82) is 0 Å². The predicted octanol–water partition coefficient (Wildman–Crippen LogP) is 2.64. The van der Waals surface area contributed by atoms with Gasteiger partial charge in [0.25, 0.3) is 0 Å². The summed E-state index contributed by atoms with van der Waals surface area (Å²) in [5.74, 6) is -2.27. The molecule has 2 rings (SSSR count). The van der Waals surface area contributed by atoms with E-state index in [0.29, 0.717) is 30.9 Å². The number of aromatic nitrogens is 2. The highest BCUT2D eigenvalue weighted by Crippen LogP contribution is 2.39. The second-order valence-corrected chi connectivity index (χ2v) is 6.15. The number of hydrogen-bond acceptors (Lipinski definition) is 5. The number of carbonyl (C=O) groups is 1. The molecule has 20 heavy (non-hydrogen) atoms. The van der Waals surface area contributed by atoms with Crippen molar-refractivity contribution in [1.82, 2.24) is 9.36 Å². The summed E-state index contributed by atoms with van der Waals surface area (Å²) < 4.78 is 40.8. The molecule has 1 aromatic heterocycles. The Morgan fingerprint density at radius 1 is 1.50 bits per heavy atom. The standard InChI is InChI=1S/C11H14F3N3O2S/c1-10(2)4-3-5-17(6(10)7(18)19)9-15-8(16-20-9)11(12,13)14/h6H,3-5H2,1-2H3,(H,18,19). The molecule has 0 spiro atoms. The fourth-order valence-electron chi connectivity index (χ4n) is 2.51. The number of carboxylic acids is 1. The molecule has 1 aliphatic rings. The van der Waals surface area contributed by atoms with Crippen molar-refractivity contribution in [2.24, 2.45) is 5.41 Å². The van der Waals surface area contributed by atoms with Crippen LogP contribution in [0.25, 0.3) is 0 Å². The van der Waals surface area contributed by atoms with E-state index < -0.39 is 29.4 Å². The highest BCUT2D eigenvalue weighted by Gasteiger charge is 2.45. The van der Waals surface area contributed by atoms with Crippen molar-refractivity contribution in [2.45, 2.75) is 38.9 Å². The van der Waals surface area contributed by atoms with Crippen LogP contribution in [0.3, 0.4) is 0 Å². The van der Waals surface area contributed by atoms with Crippen LogP contribution < -0.4 is 4.90 Å². The van der Waals surface area contributed by atoms with Crippen LogP contribution in [0.5, 0.6) is 0 Å². The van der Waals surface area contributed by atoms with Crippen LogP contribution in [0.1, 0.15) is 32.5 Å². The van der Waals surface area contributed by atoms with Gasteiger partial charge in [-0.1, -0.05) is 13.8 Å².